The van der Waals surface area contributed by atoms with Crippen molar-refractivity contribution < 1.29 is 9.21 Å². The van der Waals surface area contributed by atoms with E-state index < -0.39 is 0 Å². The summed E-state index contributed by atoms with van der Waals surface area (Å²) < 4.78 is 7.13. The predicted molar refractivity (Wildman–Crippen MR) is 121 cm³/mol. The Morgan fingerprint density at radius 1 is 1.20 bits per heavy atom. The lowest BCUT2D eigenvalue weighted by Gasteiger charge is -2.30. The van der Waals surface area contributed by atoms with E-state index >= 15 is 0 Å². The number of hydrogen-bond acceptors (Lipinski definition) is 5. The van der Waals surface area contributed by atoms with Crippen LogP contribution in [0.4, 0.5) is 0 Å². The van der Waals surface area contributed by atoms with Crippen molar-refractivity contribution in [3.63, 3.8) is 0 Å². The van der Waals surface area contributed by atoms with Crippen LogP contribution >= 0.6 is 11.3 Å². The molecule has 5 rings (SSSR count). The lowest BCUT2D eigenvalue weighted by Crippen LogP contribution is -2.41. The zero-order valence-electron chi connectivity index (χ0n) is 17.0. The van der Waals surface area contributed by atoms with Gasteiger partial charge in [0.1, 0.15) is 11.3 Å². The first kappa shape index (κ1) is 19.3. The van der Waals surface area contributed by atoms with E-state index in [0.717, 1.165) is 48.2 Å². The third kappa shape index (κ3) is 3.98. The summed E-state index contributed by atoms with van der Waals surface area (Å²) in [6.45, 7) is 4.24. The van der Waals surface area contributed by atoms with Crippen molar-refractivity contribution in [2.45, 2.75) is 31.7 Å². The fraction of sp³-hybridized carbons (Fsp3) is 0.333. The van der Waals surface area contributed by atoms with Crippen LogP contribution in [0.25, 0.3) is 21.2 Å². The lowest BCUT2D eigenvalue weighted by atomic mass is 9.97. The molecule has 0 aliphatic carbocycles. The highest BCUT2D eigenvalue weighted by molar-refractivity contribution is 7.18. The van der Waals surface area contributed by atoms with Gasteiger partial charge in [-0.05, 0) is 57.1 Å². The molecule has 0 bridgehead atoms. The van der Waals surface area contributed by atoms with Crippen molar-refractivity contribution >= 4 is 38.4 Å². The topological polar surface area (TPSA) is 58.4 Å². The van der Waals surface area contributed by atoms with Gasteiger partial charge in [-0.1, -0.05) is 30.3 Å². The van der Waals surface area contributed by atoms with Gasteiger partial charge in [-0.3, -0.25) is 9.69 Å². The number of fused-ring (bicyclic) bond motifs is 2. The number of nitrogens with one attached hydrogen (secondary N) is 1. The van der Waals surface area contributed by atoms with Crippen LogP contribution in [0.5, 0.6) is 0 Å². The van der Waals surface area contributed by atoms with Gasteiger partial charge in [0.25, 0.3) is 0 Å². The Labute approximate surface area is 179 Å². The quantitative estimate of drug-likeness (QED) is 0.489. The number of hydrogen-bond donors (Lipinski definition) is 1. The SMILES string of the molecule is C[C@H](NC(=O)CN1CCC(c2nc3ccccc3s2)CC1)c1cc2ccccc2o1. The molecule has 5 nitrogen and oxygen atoms in total. The molecule has 1 N–H and O–H groups in total. The van der Waals surface area contributed by atoms with E-state index in [1.165, 1.54) is 9.71 Å². The molecule has 2 aromatic carbocycles. The maximum atomic E-state index is 12.6. The second-order valence-corrected chi connectivity index (χ2v) is 9.11. The zero-order chi connectivity index (χ0) is 20.5. The number of amides is 1. The van der Waals surface area contributed by atoms with Gasteiger partial charge in [0.2, 0.25) is 5.91 Å². The van der Waals surface area contributed by atoms with Gasteiger partial charge in [-0.25, -0.2) is 4.98 Å². The number of carbonyl (C=O) groups is 1. The molecule has 0 saturated carbocycles. The summed E-state index contributed by atoms with van der Waals surface area (Å²) in [6, 6.07) is 18.1. The molecular formula is C24H25N3O2S. The molecule has 154 valence electrons. The molecule has 4 aromatic rings. The van der Waals surface area contributed by atoms with Crippen molar-refractivity contribution in [3.05, 3.63) is 65.4 Å². The van der Waals surface area contributed by atoms with Gasteiger partial charge in [0, 0.05) is 11.3 Å². The highest BCUT2D eigenvalue weighted by Crippen LogP contribution is 2.33. The Morgan fingerprint density at radius 2 is 1.97 bits per heavy atom. The van der Waals surface area contributed by atoms with Gasteiger partial charge in [-0.2, -0.15) is 0 Å². The van der Waals surface area contributed by atoms with E-state index in [2.05, 4.69) is 28.4 Å². The average molecular weight is 420 g/mol. The number of para-hydroxylation sites is 2. The Hall–Kier alpha value is -2.70. The van der Waals surface area contributed by atoms with Crippen LogP contribution in [0.1, 0.15) is 42.5 Å². The fourth-order valence-electron chi connectivity index (χ4n) is 4.18. The molecule has 1 aliphatic rings. The highest BCUT2D eigenvalue weighted by Gasteiger charge is 2.25. The zero-order valence-corrected chi connectivity index (χ0v) is 17.8. The molecule has 0 spiro atoms. The molecule has 1 saturated heterocycles. The van der Waals surface area contributed by atoms with Gasteiger partial charge >= 0.3 is 0 Å². The summed E-state index contributed by atoms with van der Waals surface area (Å²) in [5, 5.41) is 5.38. The second-order valence-electron chi connectivity index (χ2n) is 8.05. The molecule has 1 atom stereocenters. The summed E-state index contributed by atoms with van der Waals surface area (Å²) >= 11 is 1.81. The number of carbonyl (C=O) groups excluding carboxylic acids is 1. The van der Waals surface area contributed by atoms with Crippen LogP contribution in [0.3, 0.4) is 0 Å². The normalized spacial score (nSPS) is 16.8. The van der Waals surface area contributed by atoms with E-state index in [1.54, 1.807) is 0 Å². The third-order valence-electron chi connectivity index (χ3n) is 5.86. The van der Waals surface area contributed by atoms with E-state index in [4.69, 9.17) is 9.40 Å². The first-order chi connectivity index (χ1) is 14.7. The number of piperidine rings is 1. The molecule has 30 heavy (non-hydrogen) atoms. The number of thiazole rings is 1. The third-order valence-corrected chi connectivity index (χ3v) is 7.06. The summed E-state index contributed by atoms with van der Waals surface area (Å²) in [5.41, 5.74) is 1.95. The summed E-state index contributed by atoms with van der Waals surface area (Å²) in [7, 11) is 0. The summed E-state index contributed by atoms with van der Waals surface area (Å²) in [5.74, 6) is 1.33. The molecule has 1 fully saturated rings. The van der Waals surface area contributed by atoms with Gasteiger partial charge < -0.3 is 9.73 Å². The van der Waals surface area contributed by atoms with Crippen LogP contribution in [-0.2, 0) is 4.79 Å². The predicted octanol–water partition coefficient (Wildman–Crippen LogP) is 5.10. The maximum absolute atomic E-state index is 12.6. The number of likely N-dealkylation sites (tertiary alicyclic amines) is 1. The standard InChI is InChI=1S/C24H25N3O2S/c1-16(21-14-18-6-2-4-8-20(18)29-21)25-23(28)15-27-12-10-17(11-13-27)24-26-19-7-3-5-9-22(19)30-24/h2-9,14,16-17H,10-13,15H2,1H3,(H,25,28)/t16-/m0/s1. The first-order valence-electron chi connectivity index (χ1n) is 10.5. The molecule has 0 radical (unpaired) electrons. The Morgan fingerprint density at radius 3 is 2.77 bits per heavy atom. The van der Waals surface area contributed by atoms with Crippen molar-refractivity contribution in [3.8, 4) is 0 Å². The van der Waals surface area contributed by atoms with Crippen LogP contribution < -0.4 is 5.32 Å². The van der Waals surface area contributed by atoms with Crippen LogP contribution in [0, 0.1) is 0 Å². The van der Waals surface area contributed by atoms with Crippen LogP contribution in [0.2, 0.25) is 0 Å². The molecule has 0 unspecified atom stereocenters. The monoisotopic (exact) mass is 419 g/mol. The minimum atomic E-state index is -0.148. The first-order valence-corrected chi connectivity index (χ1v) is 11.3. The molecule has 2 aromatic heterocycles. The smallest absolute Gasteiger partial charge is 0.234 e. The molecule has 3 heterocycles. The number of aromatic nitrogens is 1. The minimum absolute atomic E-state index is 0.0430. The van der Waals surface area contributed by atoms with Crippen molar-refractivity contribution in [1.82, 2.24) is 15.2 Å². The lowest BCUT2D eigenvalue weighted by molar-refractivity contribution is -0.123. The average Bonchev–Trinajstić information content (AvgIpc) is 3.38. The summed E-state index contributed by atoms with van der Waals surface area (Å²) in [6.07, 6.45) is 2.10. The number of rotatable bonds is 5. The van der Waals surface area contributed by atoms with E-state index in [-0.39, 0.29) is 11.9 Å². The minimum Gasteiger partial charge on any atom is -0.459 e. The summed E-state index contributed by atoms with van der Waals surface area (Å²) in [4.78, 5) is 19.6. The van der Waals surface area contributed by atoms with E-state index in [9.17, 15) is 4.79 Å². The number of benzene rings is 2. The largest absolute Gasteiger partial charge is 0.459 e. The van der Waals surface area contributed by atoms with Crippen LogP contribution in [0.15, 0.2) is 59.0 Å². The van der Waals surface area contributed by atoms with Gasteiger partial charge in [0.15, 0.2) is 0 Å². The van der Waals surface area contributed by atoms with Crippen LogP contribution in [-0.4, -0.2) is 35.4 Å². The van der Waals surface area contributed by atoms with E-state index in [0.29, 0.717) is 12.5 Å². The highest BCUT2D eigenvalue weighted by atomic mass is 32.1. The van der Waals surface area contributed by atoms with Crippen molar-refractivity contribution in [1.29, 1.82) is 0 Å². The van der Waals surface area contributed by atoms with Crippen molar-refractivity contribution in [2.75, 3.05) is 19.6 Å². The fourth-order valence-corrected chi connectivity index (χ4v) is 5.32. The second kappa shape index (κ2) is 8.20. The van der Waals surface area contributed by atoms with Crippen molar-refractivity contribution in [2.24, 2.45) is 0 Å². The maximum Gasteiger partial charge on any atom is 0.234 e. The van der Waals surface area contributed by atoms with E-state index in [1.807, 2.05) is 54.7 Å². The number of furan rings is 1. The number of nitrogens with zero attached hydrogens (tertiary/aromatic N) is 2. The Kier molecular flexibility index (Phi) is 5.27. The molecule has 6 heteroatoms. The Bertz CT molecular complexity index is 1110. The Balaban J connectivity index is 1.14. The molecular weight excluding hydrogens is 394 g/mol. The van der Waals surface area contributed by atoms with Gasteiger partial charge in [-0.15, -0.1) is 11.3 Å². The molecule has 1 aliphatic heterocycles. The molecule has 1 amide bonds. The van der Waals surface area contributed by atoms with Gasteiger partial charge in [0.05, 0.1) is 27.8 Å².